The van der Waals surface area contributed by atoms with Crippen LogP contribution < -0.4 is 4.74 Å². The molecule has 0 saturated carbocycles. The van der Waals surface area contributed by atoms with E-state index < -0.39 is 29.3 Å². The number of aromatic nitrogens is 1. The van der Waals surface area contributed by atoms with Crippen molar-refractivity contribution in [2.24, 2.45) is 0 Å². The molecule has 0 saturated heterocycles. The van der Waals surface area contributed by atoms with Gasteiger partial charge in [0.2, 0.25) is 5.88 Å². The number of ether oxygens (including phenoxy) is 1. The highest BCUT2D eigenvalue weighted by Crippen LogP contribution is 2.39. The Bertz CT molecular complexity index is 689. The molecule has 4 nitrogen and oxygen atoms in total. The number of carboxylic acids is 1. The van der Waals surface area contributed by atoms with E-state index in [0.29, 0.717) is 0 Å². The number of hydrogen-bond acceptors (Lipinski definition) is 3. The minimum Gasteiger partial charge on any atom is -0.478 e. The van der Waals surface area contributed by atoms with Gasteiger partial charge in [0.15, 0.2) is 0 Å². The summed E-state index contributed by atoms with van der Waals surface area (Å²) in [4.78, 5) is 14.6. The molecule has 1 N–H and O–H groups in total. The number of alkyl halides is 3. The second kappa shape index (κ2) is 5.61. The highest BCUT2D eigenvalue weighted by Gasteiger charge is 2.34. The fourth-order valence-electron chi connectivity index (χ4n) is 1.55. The number of halogens is 4. The Morgan fingerprint density at radius 1 is 1.24 bits per heavy atom. The van der Waals surface area contributed by atoms with Crippen LogP contribution in [0.1, 0.15) is 15.9 Å². The van der Waals surface area contributed by atoms with Crippen molar-refractivity contribution in [2.45, 2.75) is 6.18 Å². The minimum atomic E-state index is -4.62. The van der Waals surface area contributed by atoms with Gasteiger partial charge in [0.1, 0.15) is 10.8 Å². The lowest BCUT2D eigenvalue weighted by Gasteiger charge is -2.13. The normalized spacial score (nSPS) is 11.2. The Labute approximate surface area is 121 Å². The third-order valence-electron chi connectivity index (χ3n) is 2.49. The van der Waals surface area contributed by atoms with Gasteiger partial charge in [-0.05, 0) is 18.2 Å². The second-order valence-corrected chi connectivity index (χ2v) is 4.26. The second-order valence-electron chi connectivity index (χ2n) is 3.88. The van der Waals surface area contributed by atoms with Gasteiger partial charge in [0, 0.05) is 6.20 Å². The molecular weight excluding hydrogens is 311 g/mol. The Morgan fingerprint density at radius 2 is 1.90 bits per heavy atom. The fraction of sp³-hybridized carbons (Fsp3) is 0.0769. The van der Waals surface area contributed by atoms with Crippen LogP contribution in [-0.4, -0.2) is 16.1 Å². The maximum Gasteiger partial charge on any atom is 0.419 e. The van der Waals surface area contributed by atoms with Crippen molar-refractivity contribution >= 4 is 17.6 Å². The van der Waals surface area contributed by atoms with Crippen LogP contribution in [-0.2, 0) is 6.18 Å². The van der Waals surface area contributed by atoms with Gasteiger partial charge < -0.3 is 9.84 Å². The van der Waals surface area contributed by atoms with Gasteiger partial charge in [-0.15, -0.1) is 0 Å². The van der Waals surface area contributed by atoms with E-state index in [1.165, 1.54) is 12.1 Å². The first kappa shape index (κ1) is 15.1. The topological polar surface area (TPSA) is 59.4 Å². The summed E-state index contributed by atoms with van der Waals surface area (Å²) in [5.74, 6) is -2.26. The Hall–Kier alpha value is -2.28. The van der Waals surface area contributed by atoms with E-state index in [-0.39, 0.29) is 10.6 Å². The van der Waals surface area contributed by atoms with Crippen LogP contribution in [0.5, 0.6) is 11.6 Å². The van der Waals surface area contributed by atoms with Gasteiger partial charge in [-0.25, -0.2) is 9.78 Å². The first-order valence-electron chi connectivity index (χ1n) is 5.52. The zero-order valence-electron chi connectivity index (χ0n) is 10.2. The number of carboxylic acid groups (broad SMARTS) is 1. The van der Waals surface area contributed by atoms with Crippen LogP contribution in [0.25, 0.3) is 0 Å². The summed E-state index contributed by atoms with van der Waals surface area (Å²) in [5.41, 5.74) is -1.32. The molecule has 0 bridgehead atoms. The first-order chi connectivity index (χ1) is 9.80. The van der Waals surface area contributed by atoms with Gasteiger partial charge in [-0.2, -0.15) is 13.2 Å². The van der Waals surface area contributed by atoms with E-state index in [1.807, 2.05) is 0 Å². The Morgan fingerprint density at radius 3 is 2.52 bits per heavy atom. The summed E-state index contributed by atoms with van der Waals surface area (Å²) in [6.07, 6.45) is -3.53. The van der Waals surface area contributed by atoms with Crippen molar-refractivity contribution < 1.29 is 27.8 Å². The maximum absolute atomic E-state index is 12.8. The lowest BCUT2D eigenvalue weighted by atomic mass is 10.2. The lowest BCUT2D eigenvalue weighted by molar-refractivity contribution is -0.138. The van der Waals surface area contributed by atoms with E-state index in [0.717, 1.165) is 24.4 Å². The molecule has 1 heterocycles. The van der Waals surface area contributed by atoms with Gasteiger partial charge in [-0.3, -0.25) is 0 Å². The molecule has 8 heteroatoms. The average Bonchev–Trinajstić information content (AvgIpc) is 2.40. The standard InChI is InChI=1S/C13H7ClF3NO3/c14-10-7(12(19)20)5-6-18-11(10)21-9-4-2-1-3-8(9)13(15,16)17/h1-6H,(H,19,20). The van der Waals surface area contributed by atoms with E-state index in [4.69, 9.17) is 21.4 Å². The van der Waals surface area contributed by atoms with Crippen LogP contribution >= 0.6 is 11.6 Å². The fourth-order valence-corrected chi connectivity index (χ4v) is 1.79. The molecule has 21 heavy (non-hydrogen) atoms. The number of hydrogen-bond donors (Lipinski definition) is 1. The molecule has 1 aromatic heterocycles. The number of benzene rings is 1. The molecule has 0 unspecified atom stereocenters. The largest absolute Gasteiger partial charge is 0.478 e. The SMILES string of the molecule is O=C(O)c1ccnc(Oc2ccccc2C(F)(F)F)c1Cl. The average molecular weight is 318 g/mol. The third-order valence-corrected chi connectivity index (χ3v) is 2.85. The van der Waals surface area contributed by atoms with Crippen LogP contribution in [0.2, 0.25) is 5.02 Å². The van der Waals surface area contributed by atoms with Crippen LogP contribution in [0, 0.1) is 0 Å². The zero-order chi connectivity index (χ0) is 15.6. The molecule has 110 valence electrons. The van der Waals surface area contributed by atoms with Crippen LogP contribution in [0.15, 0.2) is 36.5 Å². The Balaban J connectivity index is 2.45. The van der Waals surface area contributed by atoms with Gasteiger partial charge >= 0.3 is 12.1 Å². The van der Waals surface area contributed by atoms with Gasteiger partial charge in [-0.1, -0.05) is 23.7 Å². The molecule has 0 atom stereocenters. The monoisotopic (exact) mass is 317 g/mol. The molecule has 0 radical (unpaired) electrons. The van der Waals surface area contributed by atoms with Gasteiger partial charge in [0.25, 0.3) is 0 Å². The van der Waals surface area contributed by atoms with Crippen LogP contribution in [0.4, 0.5) is 13.2 Å². The van der Waals surface area contributed by atoms with Crippen molar-refractivity contribution in [1.82, 2.24) is 4.98 Å². The summed E-state index contributed by atoms with van der Waals surface area (Å²) in [6, 6.07) is 5.60. The van der Waals surface area contributed by atoms with Crippen molar-refractivity contribution in [3.63, 3.8) is 0 Å². The van der Waals surface area contributed by atoms with E-state index >= 15 is 0 Å². The lowest BCUT2D eigenvalue weighted by Crippen LogP contribution is -2.07. The minimum absolute atomic E-state index is 0.314. The smallest absolute Gasteiger partial charge is 0.419 e. The van der Waals surface area contributed by atoms with Crippen molar-refractivity contribution in [1.29, 1.82) is 0 Å². The first-order valence-corrected chi connectivity index (χ1v) is 5.90. The summed E-state index contributed by atoms with van der Waals surface area (Å²) in [7, 11) is 0. The van der Waals surface area contributed by atoms with Crippen molar-refractivity contribution in [3.8, 4) is 11.6 Å². The summed E-state index contributed by atoms with van der Waals surface area (Å²) in [5, 5.41) is 8.52. The number of nitrogens with zero attached hydrogens (tertiary/aromatic N) is 1. The zero-order valence-corrected chi connectivity index (χ0v) is 10.9. The number of carbonyl (C=O) groups is 1. The quantitative estimate of drug-likeness (QED) is 0.919. The van der Waals surface area contributed by atoms with E-state index in [9.17, 15) is 18.0 Å². The van der Waals surface area contributed by atoms with Gasteiger partial charge in [0.05, 0.1) is 11.1 Å². The molecule has 0 spiro atoms. The molecule has 2 rings (SSSR count). The van der Waals surface area contributed by atoms with E-state index in [1.54, 1.807) is 0 Å². The predicted molar refractivity (Wildman–Crippen MR) is 67.7 cm³/mol. The summed E-state index contributed by atoms with van der Waals surface area (Å²) in [6.45, 7) is 0. The third kappa shape index (κ3) is 3.25. The molecular formula is C13H7ClF3NO3. The molecule has 0 aliphatic rings. The number of pyridine rings is 1. The van der Waals surface area contributed by atoms with E-state index in [2.05, 4.69) is 4.98 Å². The Kier molecular flexibility index (Phi) is 4.04. The molecule has 2 aromatic rings. The van der Waals surface area contributed by atoms with Crippen molar-refractivity contribution in [3.05, 3.63) is 52.7 Å². The van der Waals surface area contributed by atoms with Crippen LogP contribution in [0.3, 0.4) is 0 Å². The number of para-hydroxylation sites is 1. The highest BCUT2D eigenvalue weighted by atomic mass is 35.5. The molecule has 0 fully saturated rings. The molecule has 0 aliphatic carbocycles. The molecule has 0 amide bonds. The predicted octanol–water partition coefficient (Wildman–Crippen LogP) is 4.24. The summed E-state index contributed by atoms with van der Waals surface area (Å²) >= 11 is 5.77. The molecule has 1 aromatic carbocycles. The summed E-state index contributed by atoms with van der Waals surface area (Å²) < 4.78 is 43.5. The molecule has 0 aliphatic heterocycles. The van der Waals surface area contributed by atoms with Crippen molar-refractivity contribution in [2.75, 3.05) is 0 Å². The number of aromatic carboxylic acids is 1. The highest BCUT2D eigenvalue weighted by molar-refractivity contribution is 6.34. The maximum atomic E-state index is 12.8. The number of rotatable bonds is 3.